The van der Waals surface area contributed by atoms with Crippen LogP contribution in [0.3, 0.4) is 0 Å². The van der Waals surface area contributed by atoms with Gasteiger partial charge in [-0.15, -0.1) is 0 Å². The van der Waals surface area contributed by atoms with E-state index in [0.717, 1.165) is 19.0 Å². The molecule has 1 fully saturated rings. The maximum atomic E-state index is 6.25. The van der Waals surface area contributed by atoms with Crippen molar-refractivity contribution >= 4 is 11.8 Å². The van der Waals surface area contributed by atoms with Gasteiger partial charge < -0.3 is 10.6 Å². The van der Waals surface area contributed by atoms with Crippen LogP contribution in [-0.2, 0) is 0 Å². The summed E-state index contributed by atoms with van der Waals surface area (Å²) in [5.41, 5.74) is 6.29. The van der Waals surface area contributed by atoms with Crippen LogP contribution >= 0.6 is 11.8 Å². The number of likely N-dealkylation sites (N-methyl/N-ethyl adjacent to an activating group) is 1. The molecule has 0 aromatic heterocycles. The predicted octanol–water partition coefficient (Wildman–Crippen LogP) is 1.41. The van der Waals surface area contributed by atoms with Crippen LogP contribution < -0.4 is 5.73 Å². The highest BCUT2D eigenvalue weighted by molar-refractivity contribution is 7.98. The van der Waals surface area contributed by atoms with E-state index in [-0.39, 0.29) is 5.54 Å². The minimum absolute atomic E-state index is 0.0488. The van der Waals surface area contributed by atoms with Gasteiger partial charge in [0.25, 0.3) is 0 Å². The Morgan fingerprint density at radius 1 is 1.54 bits per heavy atom. The molecule has 2 nitrogen and oxygen atoms in total. The lowest BCUT2D eigenvalue weighted by Gasteiger charge is -2.30. The number of hydrogen-bond donors (Lipinski definition) is 1. The first kappa shape index (κ1) is 11.3. The smallest absolute Gasteiger partial charge is 0.0283 e. The molecule has 0 spiro atoms. The SMILES string of the molecule is CSCCN(C)CC(C)(N)C1CC1. The Bertz CT molecular complexity index is 155. The van der Waals surface area contributed by atoms with Gasteiger partial charge in [-0.1, -0.05) is 0 Å². The van der Waals surface area contributed by atoms with Gasteiger partial charge in [-0.05, 0) is 39.0 Å². The zero-order chi connectivity index (χ0) is 9.90. The largest absolute Gasteiger partial charge is 0.324 e. The fraction of sp³-hybridized carbons (Fsp3) is 1.00. The summed E-state index contributed by atoms with van der Waals surface area (Å²) in [5.74, 6) is 1.99. The lowest BCUT2D eigenvalue weighted by Crippen LogP contribution is -2.49. The zero-order valence-electron chi connectivity index (χ0n) is 9.05. The molecule has 0 heterocycles. The van der Waals surface area contributed by atoms with E-state index in [1.807, 2.05) is 11.8 Å². The fourth-order valence-electron chi connectivity index (χ4n) is 1.78. The van der Waals surface area contributed by atoms with Crippen molar-refractivity contribution < 1.29 is 0 Å². The third kappa shape index (κ3) is 3.88. The maximum absolute atomic E-state index is 6.25. The molecule has 0 aliphatic heterocycles. The van der Waals surface area contributed by atoms with Crippen LogP contribution in [0.25, 0.3) is 0 Å². The lowest BCUT2D eigenvalue weighted by atomic mass is 9.97. The number of nitrogens with zero attached hydrogens (tertiary/aromatic N) is 1. The fourth-order valence-corrected chi connectivity index (χ4v) is 2.27. The Labute approximate surface area is 86.2 Å². The number of thioether (sulfide) groups is 1. The molecule has 1 unspecified atom stereocenters. The summed E-state index contributed by atoms with van der Waals surface area (Å²) in [7, 11) is 2.17. The predicted molar refractivity (Wildman–Crippen MR) is 61.2 cm³/mol. The van der Waals surface area contributed by atoms with Gasteiger partial charge in [0.15, 0.2) is 0 Å². The lowest BCUT2D eigenvalue weighted by molar-refractivity contribution is 0.249. The molecular formula is C10H22N2S. The van der Waals surface area contributed by atoms with E-state index in [1.54, 1.807) is 0 Å². The van der Waals surface area contributed by atoms with Crippen LogP contribution in [0.1, 0.15) is 19.8 Å². The van der Waals surface area contributed by atoms with E-state index in [1.165, 1.54) is 18.6 Å². The summed E-state index contributed by atoms with van der Waals surface area (Å²) in [6, 6.07) is 0. The van der Waals surface area contributed by atoms with Gasteiger partial charge in [0, 0.05) is 24.4 Å². The first-order chi connectivity index (χ1) is 6.06. The van der Waals surface area contributed by atoms with Crippen molar-refractivity contribution in [1.29, 1.82) is 0 Å². The van der Waals surface area contributed by atoms with Crippen molar-refractivity contribution in [2.75, 3.05) is 32.1 Å². The minimum atomic E-state index is 0.0488. The van der Waals surface area contributed by atoms with Crippen LogP contribution in [0.4, 0.5) is 0 Å². The molecule has 0 radical (unpaired) electrons. The van der Waals surface area contributed by atoms with Crippen LogP contribution in [-0.4, -0.2) is 42.6 Å². The van der Waals surface area contributed by atoms with E-state index >= 15 is 0 Å². The van der Waals surface area contributed by atoms with E-state index in [4.69, 9.17) is 5.73 Å². The van der Waals surface area contributed by atoms with E-state index in [9.17, 15) is 0 Å². The Hall–Kier alpha value is 0.270. The Morgan fingerprint density at radius 3 is 2.62 bits per heavy atom. The second-order valence-corrected chi connectivity index (χ2v) is 5.50. The van der Waals surface area contributed by atoms with E-state index in [0.29, 0.717) is 0 Å². The molecule has 0 saturated heterocycles. The topological polar surface area (TPSA) is 29.3 Å². The summed E-state index contributed by atoms with van der Waals surface area (Å²) in [6.07, 6.45) is 4.82. The van der Waals surface area contributed by atoms with Crippen molar-refractivity contribution in [3.63, 3.8) is 0 Å². The molecule has 0 amide bonds. The Kier molecular flexibility index (Phi) is 4.07. The van der Waals surface area contributed by atoms with E-state index < -0.39 is 0 Å². The summed E-state index contributed by atoms with van der Waals surface area (Å²) in [5, 5.41) is 0. The van der Waals surface area contributed by atoms with Gasteiger partial charge in [-0.2, -0.15) is 11.8 Å². The summed E-state index contributed by atoms with van der Waals surface area (Å²) in [6.45, 7) is 4.39. The molecule has 78 valence electrons. The molecule has 1 aliphatic carbocycles. The average Bonchev–Trinajstić information content (AvgIpc) is 2.81. The minimum Gasteiger partial charge on any atom is -0.324 e. The normalized spacial score (nSPS) is 21.9. The van der Waals surface area contributed by atoms with Crippen LogP contribution in [0.15, 0.2) is 0 Å². The second-order valence-electron chi connectivity index (χ2n) is 4.51. The van der Waals surface area contributed by atoms with Gasteiger partial charge in [-0.25, -0.2) is 0 Å². The highest BCUT2D eigenvalue weighted by Crippen LogP contribution is 2.38. The molecule has 1 rings (SSSR count). The van der Waals surface area contributed by atoms with Crippen LogP contribution in [0.2, 0.25) is 0 Å². The third-order valence-electron chi connectivity index (χ3n) is 2.80. The van der Waals surface area contributed by atoms with E-state index in [2.05, 4.69) is 25.1 Å². The molecule has 0 bridgehead atoms. The molecule has 1 saturated carbocycles. The van der Waals surface area contributed by atoms with Crippen LogP contribution in [0.5, 0.6) is 0 Å². The third-order valence-corrected chi connectivity index (χ3v) is 3.39. The van der Waals surface area contributed by atoms with Crippen molar-refractivity contribution in [2.45, 2.75) is 25.3 Å². The number of hydrogen-bond acceptors (Lipinski definition) is 3. The zero-order valence-corrected chi connectivity index (χ0v) is 9.86. The van der Waals surface area contributed by atoms with Crippen molar-refractivity contribution in [3.05, 3.63) is 0 Å². The Morgan fingerprint density at radius 2 is 2.15 bits per heavy atom. The average molecular weight is 202 g/mol. The van der Waals surface area contributed by atoms with Gasteiger partial charge >= 0.3 is 0 Å². The van der Waals surface area contributed by atoms with Gasteiger partial charge in [-0.3, -0.25) is 0 Å². The first-order valence-electron chi connectivity index (χ1n) is 5.02. The standard InChI is InChI=1S/C10H22N2S/c1-10(11,9-4-5-9)8-12(2)6-7-13-3/h9H,4-8,11H2,1-3H3. The van der Waals surface area contributed by atoms with Gasteiger partial charge in [0.1, 0.15) is 0 Å². The molecule has 0 aromatic carbocycles. The summed E-state index contributed by atoms with van der Waals surface area (Å²) in [4.78, 5) is 2.36. The second kappa shape index (κ2) is 4.67. The van der Waals surface area contributed by atoms with Gasteiger partial charge in [0.05, 0.1) is 0 Å². The quantitative estimate of drug-likeness (QED) is 0.706. The molecule has 1 aliphatic rings. The molecular weight excluding hydrogens is 180 g/mol. The summed E-state index contributed by atoms with van der Waals surface area (Å²) < 4.78 is 0. The highest BCUT2D eigenvalue weighted by Gasteiger charge is 2.38. The van der Waals surface area contributed by atoms with Crippen molar-refractivity contribution in [3.8, 4) is 0 Å². The highest BCUT2D eigenvalue weighted by atomic mass is 32.2. The summed E-state index contributed by atoms with van der Waals surface area (Å²) >= 11 is 1.90. The number of rotatable bonds is 6. The van der Waals surface area contributed by atoms with Crippen molar-refractivity contribution in [1.82, 2.24) is 4.90 Å². The maximum Gasteiger partial charge on any atom is 0.0283 e. The number of nitrogens with two attached hydrogens (primary N) is 1. The molecule has 0 aromatic rings. The molecule has 2 N–H and O–H groups in total. The molecule has 1 atom stereocenters. The monoisotopic (exact) mass is 202 g/mol. The van der Waals surface area contributed by atoms with Gasteiger partial charge in [0.2, 0.25) is 0 Å². The Balaban J connectivity index is 2.21. The van der Waals surface area contributed by atoms with Crippen molar-refractivity contribution in [2.24, 2.45) is 11.7 Å². The molecule has 13 heavy (non-hydrogen) atoms. The molecule has 3 heteroatoms. The first-order valence-corrected chi connectivity index (χ1v) is 6.42. The van der Waals surface area contributed by atoms with Crippen LogP contribution in [0, 0.1) is 5.92 Å².